The first-order valence-electron chi connectivity index (χ1n) is 6.12. The maximum absolute atomic E-state index is 13.7. The number of hydrogen-bond acceptors (Lipinski definition) is 4. The Morgan fingerprint density at radius 1 is 1.37 bits per heavy atom. The molecule has 0 aliphatic heterocycles. The summed E-state index contributed by atoms with van der Waals surface area (Å²) in [6, 6.07) is 4.48. The van der Waals surface area contributed by atoms with Crippen molar-refractivity contribution in [3.05, 3.63) is 30.2 Å². The Morgan fingerprint density at radius 2 is 2.11 bits per heavy atom. The summed E-state index contributed by atoms with van der Waals surface area (Å²) in [5.41, 5.74) is 6.10. The lowest BCUT2D eigenvalue weighted by molar-refractivity contribution is 0.171. The molecule has 0 unspecified atom stereocenters. The van der Waals surface area contributed by atoms with Crippen molar-refractivity contribution in [1.82, 2.24) is 4.98 Å². The van der Waals surface area contributed by atoms with Crippen molar-refractivity contribution in [3.8, 4) is 0 Å². The summed E-state index contributed by atoms with van der Waals surface area (Å²) >= 11 is 0. The SMILES string of the molecule is CC(C)(CO)CNc1nccc2c(F)ccc(N)c12. The summed E-state index contributed by atoms with van der Waals surface area (Å²) in [6.45, 7) is 4.42. The van der Waals surface area contributed by atoms with Crippen LogP contribution in [-0.4, -0.2) is 23.2 Å². The lowest BCUT2D eigenvalue weighted by Gasteiger charge is -2.22. The van der Waals surface area contributed by atoms with Crippen LogP contribution >= 0.6 is 0 Å². The van der Waals surface area contributed by atoms with Crippen molar-refractivity contribution in [3.63, 3.8) is 0 Å². The largest absolute Gasteiger partial charge is 0.398 e. The van der Waals surface area contributed by atoms with Crippen molar-refractivity contribution in [2.75, 3.05) is 24.2 Å². The maximum Gasteiger partial charge on any atom is 0.136 e. The molecule has 0 saturated carbocycles. The van der Waals surface area contributed by atoms with E-state index in [1.807, 2.05) is 13.8 Å². The zero-order chi connectivity index (χ0) is 14.0. The zero-order valence-corrected chi connectivity index (χ0v) is 11.1. The lowest BCUT2D eigenvalue weighted by Crippen LogP contribution is -2.27. The average Bonchev–Trinajstić information content (AvgIpc) is 2.41. The van der Waals surface area contributed by atoms with Gasteiger partial charge in [-0.05, 0) is 18.2 Å². The number of rotatable bonds is 4. The summed E-state index contributed by atoms with van der Waals surface area (Å²) in [5, 5.41) is 13.4. The van der Waals surface area contributed by atoms with Crippen molar-refractivity contribution in [2.45, 2.75) is 13.8 Å². The van der Waals surface area contributed by atoms with Gasteiger partial charge in [0.05, 0.1) is 5.39 Å². The monoisotopic (exact) mass is 263 g/mol. The third kappa shape index (κ3) is 2.76. The molecule has 19 heavy (non-hydrogen) atoms. The van der Waals surface area contributed by atoms with Crippen LogP contribution in [0.1, 0.15) is 13.8 Å². The van der Waals surface area contributed by atoms with Gasteiger partial charge in [0.2, 0.25) is 0 Å². The lowest BCUT2D eigenvalue weighted by atomic mass is 9.95. The Hall–Kier alpha value is -1.88. The van der Waals surface area contributed by atoms with E-state index in [-0.39, 0.29) is 17.8 Å². The third-order valence-corrected chi connectivity index (χ3v) is 3.07. The van der Waals surface area contributed by atoms with Crippen LogP contribution in [-0.2, 0) is 0 Å². The van der Waals surface area contributed by atoms with Gasteiger partial charge in [-0.15, -0.1) is 0 Å². The van der Waals surface area contributed by atoms with E-state index in [0.29, 0.717) is 28.8 Å². The standard InChI is InChI=1S/C14H18FN3O/c1-14(2,8-19)7-18-13-12-9(5-6-17-13)10(15)3-4-11(12)16/h3-6,19H,7-8,16H2,1-2H3,(H,17,18). The molecule has 4 N–H and O–H groups in total. The van der Waals surface area contributed by atoms with Crippen molar-refractivity contribution in [1.29, 1.82) is 0 Å². The van der Waals surface area contributed by atoms with Crippen molar-refractivity contribution in [2.24, 2.45) is 5.41 Å². The number of aliphatic hydroxyl groups is 1. The van der Waals surface area contributed by atoms with E-state index in [0.717, 1.165) is 0 Å². The van der Waals surface area contributed by atoms with Gasteiger partial charge in [0.15, 0.2) is 0 Å². The minimum Gasteiger partial charge on any atom is -0.398 e. The number of aliphatic hydroxyl groups excluding tert-OH is 1. The van der Waals surface area contributed by atoms with Gasteiger partial charge in [0.25, 0.3) is 0 Å². The van der Waals surface area contributed by atoms with Crippen LogP contribution in [0.15, 0.2) is 24.4 Å². The van der Waals surface area contributed by atoms with E-state index in [9.17, 15) is 9.50 Å². The molecule has 0 spiro atoms. The van der Waals surface area contributed by atoms with E-state index in [1.54, 1.807) is 12.3 Å². The van der Waals surface area contributed by atoms with Crippen LogP contribution in [0.4, 0.5) is 15.9 Å². The molecule has 0 aliphatic rings. The second kappa shape index (κ2) is 5.01. The van der Waals surface area contributed by atoms with Crippen LogP contribution < -0.4 is 11.1 Å². The number of nitrogen functional groups attached to an aromatic ring is 1. The number of aromatic nitrogens is 1. The highest BCUT2D eigenvalue weighted by Crippen LogP contribution is 2.29. The number of nitrogens with one attached hydrogen (secondary N) is 1. The molecule has 0 saturated heterocycles. The summed E-state index contributed by atoms with van der Waals surface area (Å²) in [6.07, 6.45) is 1.54. The van der Waals surface area contributed by atoms with Crippen LogP contribution in [0.25, 0.3) is 10.8 Å². The quantitative estimate of drug-likeness (QED) is 0.741. The molecule has 2 aromatic rings. The number of fused-ring (bicyclic) bond motifs is 1. The molecule has 0 aliphatic carbocycles. The van der Waals surface area contributed by atoms with Gasteiger partial charge in [-0.1, -0.05) is 13.8 Å². The predicted molar refractivity (Wildman–Crippen MR) is 75.5 cm³/mol. The Bertz CT molecular complexity index is 599. The van der Waals surface area contributed by atoms with Gasteiger partial charge < -0.3 is 16.2 Å². The van der Waals surface area contributed by atoms with Gasteiger partial charge in [-0.25, -0.2) is 9.37 Å². The van der Waals surface area contributed by atoms with E-state index in [1.165, 1.54) is 12.1 Å². The van der Waals surface area contributed by atoms with E-state index in [4.69, 9.17) is 5.73 Å². The molecule has 0 radical (unpaired) electrons. The number of benzene rings is 1. The van der Waals surface area contributed by atoms with Gasteiger partial charge in [0, 0.05) is 35.8 Å². The molecule has 1 aromatic carbocycles. The molecular weight excluding hydrogens is 245 g/mol. The van der Waals surface area contributed by atoms with E-state index in [2.05, 4.69) is 10.3 Å². The molecule has 102 valence electrons. The van der Waals surface area contributed by atoms with Gasteiger partial charge in [-0.3, -0.25) is 0 Å². The summed E-state index contributed by atoms with van der Waals surface area (Å²) in [4.78, 5) is 4.21. The van der Waals surface area contributed by atoms with Crippen molar-refractivity contribution >= 4 is 22.3 Å². The van der Waals surface area contributed by atoms with Crippen LogP contribution in [0, 0.1) is 11.2 Å². The molecule has 0 amide bonds. The molecule has 0 fully saturated rings. The van der Waals surface area contributed by atoms with Gasteiger partial charge in [-0.2, -0.15) is 0 Å². The number of nitrogens with zero attached hydrogens (tertiary/aromatic N) is 1. The summed E-state index contributed by atoms with van der Waals surface area (Å²) in [5.74, 6) is 0.215. The number of anilines is 2. The van der Waals surface area contributed by atoms with E-state index >= 15 is 0 Å². The minimum atomic E-state index is -0.323. The smallest absolute Gasteiger partial charge is 0.136 e. The molecule has 0 atom stereocenters. The fraction of sp³-hybridized carbons (Fsp3) is 0.357. The fourth-order valence-corrected chi connectivity index (χ4v) is 1.80. The molecular formula is C14H18FN3O. The first-order chi connectivity index (χ1) is 8.94. The first-order valence-corrected chi connectivity index (χ1v) is 6.12. The molecule has 4 nitrogen and oxygen atoms in total. The maximum atomic E-state index is 13.7. The van der Waals surface area contributed by atoms with Crippen molar-refractivity contribution < 1.29 is 9.50 Å². The number of hydrogen-bond donors (Lipinski definition) is 3. The Balaban J connectivity index is 2.42. The Morgan fingerprint density at radius 3 is 2.79 bits per heavy atom. The minimum absolute atomic E-state index is 0.0502. The predicted octanol–water partition coefficient (Wildman–Crippen LogP) is 2.39. The number of pyridine rings is 1. The highest BCUT2D eigenvalue weighted by atomic mass is 19.1. The molecule has 1 aromatic heterocycles. The average molecular weight is 263 g/mol. The summed E-state index contributed by atoms with van der Waals surface area (Å²) in [7, 11) is 0. The van der Waals surface area contributed by atoms with Crippen LogP contribution in [0.3, 0.4) is 0 Å². The molecule has 0 bridgehead atoms. The Labute approximate surface area is 111 Å². The fourth-order valence-electron chi connectivity index (χ4n) is 1.80. The second-order valence-corrected chi connectivity index (χ2v) is 5.39. The summed E-state index contributed by atoms with van der Waals surface area (Å²) < 4.78 is 13.7. The molecule has 2 rings (SSSR count). The highest BCUT2D eigenvalue weighted by Gasteiger charge is 2.17. The first kappa shape index (κ1) is 13.5. The topological polar surface area (TPSA) is 71.2 Å². The normalized spacial score (nSPS) is 11.8. The Kier molecular flexibility index (Phi) is 3.57. The zero-order valence-electron chi connectivity index (χ0n) is 11.1. The van der Waals surface area contributed by atoms with Gasteiger partial charge >= 0.3 is 0 Å². The molecule has 5 heteroatoms. The van der Waals surface area contributed by atoms with Gasteiger partial charge in [0.1, 0.15) is 11.6 Å². The van der Waals surface area contributed by atoms with E-state index < -0.39 is 0 Å². The number of nitrogens with two attached hydrogens (primary N) is 1. The van der Waals surface area contributed by atoms with Crippen LogP contribution in [0.2, 0.25) is 0 Å². The second-order valence-electron chi connectivity index (χ2n) is 5.39. The third-order valence-electron chi connectivity index (χ3n) is 3.07. The highest BCUT2D eigenvalue weighted by molar-refractivity contribution is 6.01. The van der Waals surface area contributed by atoms with Crippen LogP contribution in [0.5, 0.6) is 0 Å². The molecule has 1 heterocycles. The number of halogens is 1.